The number of aliphatic hydroxyl groups excluding tert-OH is 1. The molecule has 2 aromatic rings. The van der Waals surface area contributed by atoms with E-state index in [-0.39, 0.29) is 12.1 Å². The van der Waals surface area contributed by atoms with Crippen molar-refractivity contribution >= 4 is 17.6 Å². The fourth-order valence-electron chi connectivity index (χ4n) is 3.68. The molecule has 4 rings (SSSR count). The molecule has 0 radical (unpaired) electrons. The molecule has 2 fully saturated rings. The number of hydrogen-bond acceptors (Lipinski definition) is 7. The molecule has 1 aromatic carbocycles. The summed E-state index contributed by atoms with van der Waals surface area (Å²) in [6.45, 7) is 1.48. The number of anilines is 1. The van der Waals surface area contributed by atoms with E-state index < -0.39 is 23.5 Å². The zero-order valence-corrected chi connectivity index (χ0v) is 17.1. The van der Waals surface area contributed by atoms with Crippen LogP contribution in [0.1, 0.15) is 28.9 Å². The van der Waals surface area contributed by atoms with Gasteiger partial charge in [0.2, 0.25) is 5.60 Å². The second-order valence-electron chi connectivity index (χ2n) is 7.86. The fourth-order valence-corrected chi connectivity index (χ4v) is 3.68. The van der Waals surface area contributed by atoms with Crippen molar-refractivity contribution in [1.82, 2.24) is 14.9 Å². The maximum Gasteiger partial charge on any atom is 0.267 e. The molecule has 2 aliphatic heterocycles. The molecule has 0 bridgehead atoms. The van der Waals surface area contributed by atoms with Crippen LogP contribution in [-0.2, 0) is 4.79 Å². The van der Waals surface area contributed by atoms with E-state index in [4.69, 9.17) is 5.73 Å². The van der Waals surface area contributed by atoms with Gasteiger partial charge in [0.25, 0.3) is 11.8 Å². The van der Waals surface area contributed by atoms with Gasteiger partial charge in [0, 0.05) is 50.3 Å². The first-order valence-electron chi connectivity index (χ1n) is 9.99. The van der Waals surface area contributed by atoms with Gasteiger partial charge in [0.05, 0.1) is 6.10 Å². The minimum Gasteiger partial charge on any atom is -0.391 e. The minimum absolute atomic E-state index is 0.0757. The van der Waals surface area contributed by atoms with E-state index in [2.05, 4.69) is 21.8 Å². The maximum atomic E-state index is 12.1. The zero-order valence-electron chi connectivity index (χ0n) is 17.1. The normalized spacial score (nSPS) is 23.1. The van der Waals surface area contributed by atoms with Crippen molar-refractivity contribution in [1.29, 1.82) is 0 Å². The lowest BCUT2D eigenvalue weighted by atomic mass is 10.0. The molecule has 1 aromatic heterocycles. The number of carbonyl (C=O) groups is 2. The molecule has 2 atom stereocenters. The number of likely N-dealkylation sites (N-methyl/N-ethyl adjacent to an activating group) is 1. The van der Waals surface area contributed by atoms with Crippen LogP contribution in [0.5, 0.6) is 0 Å². The molecule has 4 N–H and O–H groups in total. The third kappa shape index (κ3) is 4.21. The number of β-amino-alcohol motifs (C(OH)–C–C–N with tert-alkyl or cyclic N) is 1. The number of nitrogens with two attached hydrogens (primary N) is 1. The van der Waals surface area contributed by atoms with Crippen molar-refractivity contribution in [2.75, 3.05) is 31.6 Å². The predicted molar refractivity (Wildman–Crippen MR) is 113 cm³/mol. The topological polar surface area (TPSA) is 133 Å². The third-order valence-electron chi connectivity index (χ3n) is 5.50. The van der Waals surface area contributed by atoms with Gasteiger partial charge in [-0.1, -0.05) is 24.0 Å². The Kier molecular flexibility index (Phi) is 5.35. The summed E-state index contributed by atoms with van der Waals surface area (Å²) in [5.41, 5.74) is 5.03. The number of amides is 2. The SMILES string of the molecule is CN1CC[C@@](O)(C#Cc2cccc(-c3nc(C(N)=O)cc(N4CC[C@@H](O)C4)n3)c2)C1=O. The Bertz CT molecular complexity index is 1110. The summed E-state index contributed by atoms with van der Waals surface area (Å²) in [6.07, 6.45) is 0.425. The highest BCUT2D eigenvalue weighted by atomic mass is 16.3. The van der Waals surface area contributed by atoms with Crippen LogP contribution < -0.4 is 10.6 Å². The molecule has 3 heterocycles. The second kappa shape index (κ2) is 7.98. The standard InChI is InChI=1S/C22H23N5O4/c1-26-10-8-22(31,21(26)30)7-5-14-3-2-4-15(11-14)20-24-17(19(23)29)12-18(25-20)27-9-6-16(28)13-27/h2-4,11-12,16,28,31H,6,8-10,13H2,1H3,(H2,23,29)/t16-,22+/m1/s1. The number of primary amides is 1. The van der Waals surface area contributed by atoms with Crippen LogP contribution in [0, 0.1) is 11.8 Å². The smallest absolute Gasteiger partial charge is 0.267 e. The van der Waals surface area contributed by atoms with Gasteiger partial charge in [-0.15, -0.1) is 0 Å². The van der Waals surface area contributed by atoms with Gasteiger partial charge in [0.15, 0.2) is 5.82 Å². The van der Waals surface area contributed by atoms with E-state index in [0.29, 0.717) is 48.8 Å². The van der Waals surface area contributed by atoms with E-state index in [1.54, 1.807) is 31.3 Å². The quantitative estimate of drug-likeness (QED) is 0.583. The summed E-state index contributed by atoms with van der Waals surface area (Å²) < 4.78 is 0. The summed E-state index contributed by atoms with van der Waals surface area (Å²) in [7, 11) is 1.63. The number of likely N-dealkylation sites (tertiary alicyclic amines) is 1. The molecule has 0 saturated carbocycles. The summed E-state index contributed by atoms with van der Waals surface area (Å²) >= 11 is 0. The molecule has 31 heavy (non-hydrogen) atoms. The first kappa shape index (κ1) is 20.8. The Morgan fingerprint density at radius 2 is 2.10 bits per heavy atom. The van der Waals surface area contributed by atoms with Gasteiger partial charge in [0.1, 0.15) is 11.5 Å². The number of aromatic nitrogens is 2. The number of nitrogens with zero attached hydrogens (tertiary/aromatic N) is 4. The van der Waals surface area contributed by atoms with E-state index in [0.717, 1.165) is 0 Å². The lowest BCUT2D eigenvalue weighted by Crippen LogP contribution is -2.37. The van der Waals surface area contributed by atoms with E-state index in [1.807, 2.05) is 4.90 Å². The molecular weight excluding hydrogens is 398 g/mol. The molecule has 9 nitrogen and oxygen atoms in total. The zero-order chi connectivity index (χ0) is 22.2. The van der Waals surface area contributed by atoms with Gasteiger partial charge in [-0.2, -0.15) is 0 Å². The van der Waals surface area contributed by atoms with Crippen LogP contribution in [0.2, 0.25) is 0 Å². The highest BCUT2D eigenvalue weighted by Crippen LogP contribution is 2.25. The molecule has 9 heteroatoms. The highest BCUT2D eigenvalue weighted by molar-refractivity contribution is 5.92. The van der Waals surface area contributed by atoms with Crippen molar-refractivity contribution in [3.63, 3.8) is 0 Å². The molecule has 0 spiro atoms. The van der Waals surface area contributed by atoms with Crippen LogP contribution in [0.4, 0.5) is 5.82 Å². The van der Waals surface area contributed by atoms with Gasteiger partial charge < -0.3 is 25.7 Å². The first-order valence-corrected chi connectivity index (χ1v) is 9.99. The molecule has 160 valence electrons. The largest absolute Gasteiger partial charge is 0.391 e. The number of rotatable bonds is 3. The Labute approximate surface area is 179 Å². The summed E-state index contributed by atoms with van der Waals surface area (Å²) in [6, 6.07) is 8.52. The maximum absolute atomic E-state index is 12.1. The third-order valence-corrected chi connectivity index (χ3v) is 5.50. The lowest BCUT2D eigenvalue weighted by Gasteiger charge is -2.18. The lowest BCUT2D eigenvalue weighted by molar-refractivity contribution is -0.137. The molecular formula is C22H23N5O4. The van der Waals surface area contributed by atoms with Crippen LogP contribution in [0.3, 0.4) is 0 Å². The van der Waals surface area contributed by atoms with Crippen LogP contribution in [-0.4, -0.2) is 75.3 Å². The van der Waals surface area contributed by atoms with E-state index >= 15 is 0 Å². The number of benzene rings is 1. The summed E-state index contributed by atoms with van der Waals surface area (Å²) in [5, 5.41) is 20.3. The molecule has 0 unspecified atom stereocenters. The Hall–Kier alpha value is -3.48. The number of aliphatic hydroxyl groups is 2. The number of hydrogen-bond donors (Lipinski definition) is 3. The van der Waals surface area contributed by atoms with Gasteiger partial charge in [-0.3, -0.25) is 9.59 Å². The van der Waals surface area contributed by atoms with Crippen molar-refractivity contribution in [2.45, 2.75) is 24.5 Å². The van der Waals surface area contributed by atoms with Gasteiger partial charge in [-0.25, -0.2) is 9.97 Å². The number of carbonyl (C=O) groups excluding carboxylic acids is 2. The summed E-state index contributed by atoms with van der Waals surface area (Å²) in [5.74, 6) is 5.28. The van der Waals surface area contributed by atoms with Crippen molar-refractivity contribution in [2.24, 2.45) is 5.73 Å². The van der Waals surface area contributed by atoms with Crippen LogP contribution in [0.15, 0.2) is 30.3 Å². The Morgan fingerprint density at radius 3 is 2.74 bits per heavy atom. The highest BCUT2D eigenvalue weighted by Gasteiger charge is 2.42. The monoisotopic (exact) mass is 421 g/mol. The van der Waals surface area contributed by atoms with Gasteiger partial charge in [-0.05, 0) is 18.6 Å². The average molecular weight is 421 g/mol. The van der Waals surface area contributed by atoms with Crippen LogP contribution >= 0.6 is 0 Å². The Morgan fingerprint density at radius 1 is 1.29 bits per heavy atom. The molecule has 2 saturated heterocycles. The molecule has 2 amide bonds. The van der Waals surface area contributed by atoms with Crippen molar-refractivity contribution in [3.8, 4) is 23.2 Å². The molecule has 0 aliphatic carbocycles. The predicted octanol–water partition coefficient (Wildman–Crippen LogP) is -0.242. The average Bonchev–Trinajstić information content (AvgIpc) is 3.31. The van der Waals surface area contributed by atoms with Crippen LogP contribution in [0.25, 0.3) is 11.4 Å². The van der Waals surface area contributed by atoms with Gasteiger partial charge >= 0.3 is 0 Å². The Balaban J connectivity index is 1.68. The van der Waals surface area contributed by atoms with E-state index in [1.165, 1.54) is 11.0 Å². The van der Waals surface area contributed by atoms with Crippen molar-refractivity contribution in [3.05, 3.63) is 41.6 Å². The summed E-state index contributed by atoms with van der Waals surface area (Å²) in [4.78, 5) is 36.1. The molecule has 2 aliphatic rings. The van der Waals surface area contributed by atoms with Crippen molar-refractivity contribution < 1.29 is 19.8 Å². The second-order valence-corrected chi connectivity index (χ2v) is 7.86. The first-order chi connectivity index (χ1) is 14.7. The van der Waals surface area contributed by atoms with E-state index in [9.17, 15) is 19.8 Å². The minimum atomic E-state index is -1.68. The fraction of sp³-hybridized carbons (Fsp3) is 0.364.